The molecule has 26 heavy (non-hydrogen) atoms. The Morgan fingerprint density at radius 3 is 2.58 bits per heavy atom. The highest BCUT2D eigenvalue weighted by molar-refractivity contribution is 7.10. The van der Waals surface area contributed by atoms with E-state index in [2.05, 4.69) is 66.7 Å². The molecule has 1 saturated carbocycles. The van der Waals surface area contributed by atoms with Crippen molar-refractivity contribution in [3.8, 4) is 0 Å². The van der Waals surface area contributed by atoms with E-state index in [-0.39, 0.29) is 17.4 Å². The molecule has 4 rings (SSSR count). The summed E-state index contributed by atoms with van der Waals surface area (Å²) in [6.45, 7) is 7.97. The topological polar surface area (TPSA) is 32.3 Å². The first kappa shape index (κ1) is 17.7. The number of nitrogens with zero attached hydrogens (tertiary/aromatic N) is 1. The standard InChI is InChI=1S/C22H28N2OS/c1-22(2,3)16-6-4-15(5-7-16)21-18-11-13-26-19(18)10-12-24(21)20(25)14-23-17-8-9-17/h4-7,11,13,17,21,23H,8-10,12,14H2,1-3H3. The third kappa shape index (κ3) is 3.58. The number of carbonyl (C=O) groups is 1. The number of benzene rings is 1. The number of rotatable bonds is 4. The van der Waals surface area contributed by atoms with Crippen LogP contribution in [0.2, 0.25) is 0 Å². The van der Waals surface area contributed by atoms with Gasteiger partial charge in [0.2, 0.25) is 5.91 Å². The van der Waals surface area contributed by atoms with Crippen LogP contribution in [-0.4, -0.2) is 29.9 Å². The summed E-state index contributed by atoms with van der Waals surface area (Å²) >= 11 is 1.82. The van der Waals surface area contributed by atoms with Crippen molar-refractivity contribution >= 4 is 17.2 Å². The highest BCUT2D eigenvalue weighted by Gasteiger charge is 2.33. The van der Waals surface area contributed by atoms with Gasteiger partial charge in [0.25, 0.3) is 0 Å². The summed E-state index contributed by atoms with van der Waals surface area (Å²) in [7, 11) is 0. The second-order valence-corrected chi connectivity index (χ2v) is 9.57. The van der Waals surface area contributed by atoms with Crippen LogP contribution >= 0.6 is 11.3 Å². The number of fused-ring (bicyclic) bond motifs is 1. The zero-order valence-electron chi connectivity index (χ0n) is 15.9. The van der Waals surface area contributed by atoms with Gasteiger partial charge in [0, 0.05) is 17.5 Å². The van der Waals surface area contributed by atoms with Gasteiger partial charge in [-0.05, 0) is 52.8 Å². The van der Waals surface area contributed by atoms with Gasteiger partial charge in [-0.25, -0.2) is 0 Å². The van der Waals surface area contributed by atoms with Crippen molar-refractivity contribution in [1.82, 2.24) is 10.2 Å². The van der Waals surface area contributed by atoms with Crippen LogP contribution in [0.15, 0.2) is 35.7 Å². The summed E-state index contributed by atoms with van der Waals surface area (Å²) in [4.78, 5) is 16.4. The molecule has 0 bridgehead atoms. The fourth-order valence-electron chi connectivity index (χ4n) is 3.73. The van der Waals surface area contributed by atoms with Gasteiger partial charge in [0.1, 0.15) is 0 Å². The van der Waals surface area contributed by atoms with Crippen LogP contribution in [0.3, 0.4) is 0 Å². The lowest BCUT2D eigenvalue weighted by Crippen LogP contribution is -2.44. The third-order valence-electron chi connectivity index (χ3n) is 5.50. The SMILES string of the molecule is CC(C)(C)c1ccc(C2c3ccsc3CCN2C(=O)CNC2CC2)cc1. The second-order valence-electron chi connectivity index (χ2n) is 8.57. The zero-order chi connectivity index (χ0) is 18.3. The Morgan fingerprint density at radius 2 is 1.92 bits per heavy atom. The molecule has 3 nitrogen and oxygen atoms in total. The number of hydrogen-bond donors (Lipinski definition) is 1. The normalized spacial score (nSPS) is 20.1. The molecule has 2 aliphatic rings. The smallest absolute Gasteiger partial charge is 0.237 e. The van der Waals surface area contributed by atoms with E-state index < -0.39 is 0 Å². The maximum atomic E-state index is 12.9. The quantitative estimate of drug-likeness (QED) is 0.874. The molecule has 0 radical (unpaired) electrons. The molecule has 1 aromatic carbocycles. The first-order chi connectivity index (χ1) is 12.4. The molecule has 1 fully saturated rings. The molecule has 1 atom stereocenters. The lowest BCUT2D eigenvalue weighted by atomic mass is 9.85. The Labute approximate surface area is 160 Å². The van der Waals surface area contributed by atoms with Crippen molar-refractivity contribution in [3.63, 3.8) is 0 Å². The summed E-state index contributed by atoms with van der Waals surface area (Å²) in [6, 6.07) is 11.7. The highest BCUT2D eigenvalue weighted by Crippen LogP contribution is 2.38. The molecule has 0 saturated heterocycles. The van der Waals surface area contributed by atoms with Gasteiger partial charge in [-0.15, -0.1) is 11.3 Å². The largest absolute Gasteiger partial charge is 0.330 e. The van der Waals surface area contributed by atoms with Gasteiger partial charge in [0.15, 0.2) is 0 Å². The van der Waals surface area contributed by atoms with Crippen LogP contribution in [0.1, 0.15) is 61.2 Å². The third-order valence-corrected chi connectivity index (χ3v) is 6.49. The van der Waals surface area contributed by atoms with Crippen molar-refractivity contribution in [3.05, 3.63) is 57.3 Å². The van der Waals surface area contributed by atoms with Gasteiger partial charge in [-0.3, -0.25) is 4.79 Å². The molecule has 1 N–H and O–H groups in total. The Hall–Kier alpha value is -1.65. The molecule has 2 heterocycles. The average molecular weight is 369 g/mol. The molecular formula is C22H28N2OS. The fourth-order valence-corrected chi connectivity index (χ4v) is 4.63. The molecule has 1 aliphatic carbocycles. The van der Waals surface area contributed by atoms with Crippen LogP contribution in [0.5, 0.6) is 0 Å². The van der Waals surface area contributed by atoms with Crippen molar-refractivity contribution in [2.75, 3.05) is 13.1 Å². The minimum Gasteiger partial charge on any atom is -0.330 e. The molecule has 4 heteroatoms. The Bertz CT molecular complexity index is 783. The highest BCUT2D eigenvalue weighted by atomic mass is 32.1. The first-order valence-corrected chi connectivity index (χ1v) is 10.5. The van der Waals surface area contributed by atoms with E-state index >= 15 is 0 Å². The van der Waals surface area contributed by atoms with E-state index in [0.717, 1.165) is 13.0 Å². The van der Waals surface area contributed by atoms with Crippen LogP contribution in [0.4, 0.5) is 0 Å². The molecule has 138 valence electrons. The van der Waals surface area contributed by atoms with E-state index in [9.17, 15) is 4.79 Å². The summed E-state index contributed by atoms with van der Waals surface area (Å²) in [5, 5.41) is 5.55. The van der Waals surface area contributed by atoms with Crippen LogP contribution in [0.25, 0.3) is 0 Å². The van der Waals surface area contributed by atoms with Crippen molar-refractivity contribution in [2.24, 2.45) is 0 Å². The predicted octanol–water partition coefficient (Wildman–Crippen LogP) is 4.27. The van der Waals surface area contributed by atoms with Gasteiger partial charge in [-0.2, -0.15) is 0 Å². The number of amides is 1. The van der Waals surface area contributed by atoms with Crippen molar-refractivity contribution < 1.29 is 4.79 Å². The van der Waals surface area contributed by atoms with Crippen LogP contribution < -0.4 is 5.32 Å². The van der Waals surface area contributed by atoms with E-state index in [0.29, 0.717) is 12.6 Å². The second kappa shape index (κ2) is 6.82. The van der Waals surface area contributed by atoms with Gasteiger partial charge in [-0.1, -0.05) is 45.0 Å². The Kier molecular flexibility index (Phi) is 4.66. The van der Waals surface area contributed by atoms with Crippen molar-refractivity contribution in [2.45, 2.75) is 57.5 Å². The van der Waals surface area contributed by atoms with Crippen LogP contribution in [-0.2, 0) is 16.6 Å². The number of thiophene rings is 1. The number of carbonyl (C=O) groups excluding carboxylic acids is 1. The monoisotopic (exact) mass is 368 g/mol. The van der Waals surface area contributed by atoms with Gasteiger partial charge in [0.05, 0.1) is 12.6 Å². The van der Waals surface area contributed by atoms with E-state index in [1.807, 2.05) is 11.3 Å². The van der Waals surface area contributed by atoms with Crippen molar-refractivity contribution in [1.29, 1.82) is 0 Å². The predicted molar refractivity (Wildman–Crippen MR) is 108 cm³/mol. The zero-order valence-corrected chi connectivity index (χ0v) is 16.7. The van der Waals surface area contributed by atoms with E-state index in [4.69, 9.17) is 0 Å². The molecule has 1 unspecified atom stereocenters. The maximum absolute atomic E-state index is 12.9. The van der Waals surface area contributed by atoms with E-state index in [1.54, 1.807) is 0 Å². The molecular weight excluding hydrogens is 340 g/mol. The average Bonchev–Trinajstić information content (AvgIpc) is 3.33. The molecule has 0 spiro atoms. The lowest BCUT2D eigenvalue weighted by molar-refractivity contribution is -0.132. The Morgan fingerprint density at radius 1 is 1.19 bits per heavy atom. The summed E-state index contributed by atoms with van der Waals surface area (Å²) in [5.41, 5.74) is 4.00. The minimum absolute atomic E-state index is 0.0486. The summed E-state index contributed by atoms with van der Waals surface area (Å²) < 4.78 is 0. The lowest BCUT2D eigenvalue weighted by Gasteiger charge is -2.36. The molecule has 1 aliphatic heterocycles. The molecule has 1 amide bonds. The first-order valence-electron chi connectivity index (χ1n) is 9.63. The maximum Gasteiger partial charge on any atom is 0.237 e. The Balaban J connectivity index is 1.63. The number of nitrogens with one attached hydrogen (secondary N) is 1. The summed E-state index contributed by atoms with van der Waals surface area (Å²) in [6.07, 6.45) is 3.39. The minimum atomic E-state index is 0.0486. The summed E-state index contributed by atoms with van der Waals surface area (Å²) in [5.74, 6) is 0.221. The van der Waals surface area contributed by atoms with Gasteiger partial charge < -0.3 is 10.2 Å². The fraction of sp³-hybridized carbons (Fsp3) is 0.500. The molecule has 2 aromatic rings. The number of hydrogen-bond acceptors (Lipinski definition) is 3. The molecule has 1 aromatic heterocycles. The van der Waals surface area contributed by atoms with E-state index in [1.165, 1.54) is 34.4 Å². The van der Waals surface area contributed by atoms with Gasteiger partial charge >= 0.3 is 0 Å². The van der Waals surface area contributed by atoms with Crippen LogP contribution in [0, 0.1) is 0 Å².